The summed E-state index contributed by atoms with van der Waals surface area (Å²) in [6, 6.07) is 0.685. The average Bonchev–Trinajstić information content (AvgIpc) is 2.05. The van der Waals surface area contributed by atoms with Crippen molar-refractivity contribution >= 4 is 11.9 Å². The summed E-state index contributed by atoms with van der Waals surface area (Å²) >= 11 is 1.53. The summed E-state index contributed by atoms with van der Waals surface area (Å²) in [7, 11) is 0. The fraction of sp³-hybridized carbons (Fsp3) is 1.00. The summed E-state index contributed by atoms with van der Waals surface area (Å²) in [4.78, 5) is 2.51. The third kappa shape index (κ3) is 2.65. The van der Waals surface area contributed by atoms with Crippen LogP contribution in [-0.2, 0) is 0 Å². The molecule has 0 saturated carbocycles. The predicted molar refractivity (Wildman–Crippen MR) is 51.5 cm³/mol. The highest BCUT2D eigenvalue weighted by Crippen LogP contribution is 2.19. The van der Waals surface area contributed by atoms with E-state index >= 15 is 0 Å². The Morgan fingerprint density at radius 1 is 1.55 bits per heavy atom. The zero-order valence-electron chi connectivity index (χ0n) is 7.42. The summed E-state index contributed by atoms with van der Waals surface area (Å²) in [6.07, 6.45) is 2.61. The van der Waals surface area contributed by atoms with Gasteiger partial charge >= 0.3 is 0 Å². The fourth-order valence-corrected chi connectivity index (χ4v) is 2.13. The second-order valence-electron chi connectivity index (χ2n) is 3.49. The van der Waals surface area contributed by atoms with Gasteiger partial charge in [0.25, 0.3) is 0 Å². The molecular formula is C8H18N2S. The van der Waals surface area contributed by atoms with Gasteiger partial charge in [-0.1, -0.05) is 11.9 Å². The normalized spacial score (nSPS) is 27.8. The maximum Gasteiger partial charge on any atom is 0.0318 e. The van der Waals surface area contributed by atoms with Gasteiger partial charge in [-0.15, -0.1) is 0 Å². The van der Waals surface area contributed by atoms with E-state index in [0.29, 0.717) is 11.3 Å². The Morgan fingerprint density at radius 2 is 2.27 bits per heavy atom. The summed E-state index contributed by atoms with van der Waals surface area (Å²) in [5.41, 5.74) is 0. The Labute approximate surface area is 73.6 Å². The third-order valence-corrected chi connectivity index (χ3v) is 3.10. The van der Waals surface area contributed by atoms with E-state index in [1.807, 2.05) is 0 Å². The SMILES string of the molecule is CC(C)N1CCCC(SN)C1. The first-order valence-electron chi connectivity index (χ1n) is 4.33. The summed E-state index contributed by atoms with van der Waals surface area (Å²) in [5, 5.41) is 6.23. The van der Waals surface area contributed by atoms with Crippen molar-refractivity contribution in [3.05, 3.63) is 0 Å². The molecule has 1 atom stereocenters. The Morgan fingerprint density at radius 3 is 2.82 bits per heavy atom. The van der Waals surface area contributed by atoms with Gasteiger partial charge in [0, 0.05) is 17.8 Å². The lowest BCUT2D eigenvalue weighted by molar-refractivity contribution is 0.189. The van der Waals surface area contributed by atoms with E-state index in [0.717, 1.165) is 0 Å². The van der Waals surface area contributed by atoms with Crippen LogP contribution in [0.5, 0.6) is 0 Å². The highest BCUT2D eigenvalue weighted by Gasteiger charge is 2.20. The molecule has 3 heteroatoms. The number of nitrogens with two attached hydrogens (primary N) is 1. The molecular weight excluding hydrogens is 156 g/mol. The maximum absolute atomic E-state index is 5.56. The van der Waals surface area contributed by atoms with Crippen molar-refractivity contribution in [3.63, 3.8) is 0 Å². The molecule has 0 aromatic rings. The predicted octanol–water partition coefficient (Wildman–Crippen LogP) is 1.47. The van der Waals surface area contributed by atoms with Crippen molar-refractivity contribution in [2.45, 2.75) is 38.0 Å². The average molecular weight is 174 g/mol. The van der Waals surface area contributed by atoms with Gasteiger partial charge in [0.2, 0.25) is 0 Å². The summed E-state index contributed by atoms with van der Waals surface area (Å²) in [5.74, 6) is 0. The molecule has 0 aromatic heterocycles. The topological polar surface area (TPSA) is 29.3 Å². The highest BCUT2D eigenvalue weighted by molar-refractivity contribution is 7.97. The number of piperidine rings is 1. The van der Waals surface area contributed by atoms with Crippen LogP contribution in [0.2, 0.25) is 0 Å². The largest absolute Gasteiger partial charge is 0.300 e. The van der Waals surface area contributed by atoms with Crippen LogP contribution in [0.15, 0.2) is 0 Å². The molecule has 1 rings (SSSR count). The van der Waals surface area contributed by atoms with Crippen LogP contribution in [-0.4, -0.2) is 29.3 Å². The van der Waals surface area contributed by atoms with E-state index in [9.17, 15) is 0 Å². The quantitative estimate of drug-likeness (QED) is 0.643. The molecule has 0 aliphatic carbocycles. The van der Waals surface area contributed by atoms with E-state index in [2.05, 4.69) is 18.7 Å². The molecule has 0 aromatic carbocycles. The van der Waals surface area contributed by atoms with Crippen molar-refractivity contribution in [3.8, 4) is 0 Å². The van der Waals surface area contributed by atoms with Crippen LogP contribution in [0, 0.1) is 0 Å². The van der Waals surface area contributed by atoms with Crippen LogP contribution in [0.25, 0.3) is 0 Å². The third-order valence-electron chi connectivity index (χ3n) is 2.33. The molecule has 1 aliphatic rings. The maximum atomic E-state index is 5.56. The number of likely N-dealkylation sites (tertiary alicyclic amines) is 1. The lowest BCUT2D eigenvalue weighted by Crippen LogP contribution is -2.41. The minimum atomic E-state index is 0.672. The zero-order chi connectivity index (χ0) is 8.27. The lowest BCUT2D eigenvalue weighted by Gasteiger charge is -2.34. The summed E-state index contributed by atoms with van der Waals surface area (Å²) < 4.78 is 0. The van der Waals surface area contributed by atoms with Crippen molar-refractivity contribution in [1.82, 2.24) is 4.90 Å². The van der Waals surface area contributed by atoms with Crippen molar-refractivity contribution < 1.29 is 0 Å². The van der Waals surface area contributed by atoms with Crippen molar-refractivity contribution in [2.24, 2.45) is 5.14 Å². The van der Waals surface area contributed by atoms with Crippen LogP contribution < -0.4 is 5.14 Å². The monoisotopic (exact) mass is 174 g/mol. The number of rotatable bonds is 2. The first-order chi connectivity index (χ1) is 5.24. The van der Waals surface area contributed by atoms with Crippen molar-refractivity contribution in [2.75, 3.05) is 13.1 Å². The Bertz CT molecular complexity index is 117. The number of hydrogen-bond acceptors (Lipinski definition) is 3. The Balaban J connectivity index is 2.33. The number of hydrogen-bond donors (Lipinski definition) is 1. The van der Waals surface area contributed by atoms with Gasteiger partial charge in [-0.3, -0.25) is 10.0 Å². The fourth-order valence-electron chi connectivity index (χ4n) is 1.55. The van der Waals surface area contributed by atoms with Crippen LogP contribution in [0.4, 0.5) is 0 Å². The van der Waals surface area contributed by atoms with Crippen LogP contribution in [0.1, 0.15) is 26.7 Å². The second-order valence-corrected chi connectivity index (χ2v) is 4.43. The second kappa shape index (κ2) is 4.33. The van der Waals surface area contributed by atoms with Gasteiger partial charge in [0.15, 0.2) is 0 Å². The van der Waals surface area contributed by atoms with Gasteiger partial charge in [-0.2, -0.15) is 0 Å². The van der Waals surface area contributed by atoms with E-state index in [4.69, 9.17) is 5.14 Å². The van der Waals surface area contributed by atoms with E-state index in [1.54, 1.807) is 0 Å². The molecule has 2 N–H and O–H groups in total. The van der Waals surface area contributed by atoms with Gasteiger partial charge in [0.1, 0.15) is 0 Å². The lowest BCUT2D eigenvalue weighted by atomic mass is 10.1. The zero-order valence-corrected chi connectivity index (χ0v) is 8.23. The number of nitrogens with zero attached hydrogens (tertiary/aromatic N) is 1. The van der Waals surface area contributed by atoms with E-state index in [-0.39, 0.29) is 0 Å². The molecule has 2 nitrogen and oxygen atoms in total. The highest BCUT2D eigenvalue weighted by atomic mass is 32.2. The van der Waals surface area contributed by atoms with Gasteiger partial charge in [-0.05, 0) is 33.2 Å². The molecule has 1 aliphatic heterocycles. The molecule has 66 valence electrons. The molecule has 1 heterocycles. The van der Waals surface area contributed by atoms with E-state index < -0.39 is 0 Å². The summed E-state index contributed by atoms with van der Waals surface area (Å²) in [6.45, 7) is 6.95. The molecule has 0 amide bonds. The molecule has 0 radical (unpaired) electrons. The van der Waals surface area contributed by atoms with E-state index in [1.165, 1.54) is 37.9 Å². The minimum Gasteiger partial charge on any atom is -0.300 e. The standard InChI is InChI=1S/C8H18N2S/c1-7(2)10-5-3-4-8(6-10)11-9/h7-8H,3-6,9H2,1-2H3. The van der Waals surface area contributed by atoms with Gasteiger partial charge in [-0.25, -0.2) is 0 Å². The van der Waals surface area contributed by atoms with Gasteiger partial charge in [0.05, 0.1) is 0 Å². The smallest absolute Gasteiger partial charge is 0.0318 e. The van der Waals surface area contributed by atoms with Crippen LogP contribution in [0.3, 0.4) is 0 Å². The minimum absolute atomic E-state index is 0.672. The molecule has 1 unspecified atom stereocenters. The molecule has 0 bridgehead atoms. The Kier molecular flexibility index (Phi) is 3.69. The first-order valence-corrected chi connectivity index (χ1v) is 5.28. The molecule has 11 heavy (non-hydrogen) atoms. The molecule has 0 spiro atoms. The van der Waals surface area contributed by atoms with Gasteiger partial charge < -0.3 is 0 Å². The molecule has 1 fully saturated rings. The Hall–Kier alpha value is 0.270. The molecule has 1 saturated heterocycles. The first kappa shape index (κ1) is 9.36. The van der Waals surface area contributed by atoms with Crippen molar-refractivity contribution in [1.29, 1.82) is 0 Å². The van der Waals surface area contributed by atoms with Crippen LogP contribution >= 0.6 is 11.9 Å².